The van der Waals surface area contributed by atoms with Gasteiger partial charge in [0.2, 0.25) is 0 Å². The molecule has 0 aromatic heterocycles. The molecule has 0 saturated carbocycles. The summed E-state index contributed by atoms with van der Waals surface area (Å²) in [4.78, 5) is 0. The minimum Gasteiger partial charge on any atom is -0.362 e. The van der Waals surface area contributed by atoms with E-state index in [0.717, 1.165) is 5.70 Å². The van der Waals surface area contributed by atoms with Gasteiger partial charge in [0.1, 0.15) is 0 Å². The second kappa shape index (κ2) is 1.88. The molecule has 0 spiro atoms. The molecule has 1 heterocycles. The summed E-state index contributed by atoms with van der Waals surface area (Å²) in [6.45, 7) is 1.93. The molecule has 0 aromatic rings. The first-order valence-electron chi connectivity index (χ1n) is 2.36. The highest BCUT2D eigenvalue weighted by Crippen LogP contribution is 1.93. The maximum absolute atomic E-state index is 5.30. The normalized spacial score (nSPS) is 17.8. The van der Waals surface area contributed by atoms with Gasteiger partial charge in [0, 0.05) is 18.1 Å². The van der Waals surface area contributed by atoms with Crippen molar-refractivity contribution in [1.29, 1.82) is 0 Å². The Kier molecular flexibility index (Phi) is 1.22. The summed E-state index contributed by atoms with van der Waals surface area (Å²) in [5, 5.41) is 4.30. The van der Waals surface area contributed by atoms with Crippen molar-refractivity contribution < 1.29 is 0 Å². The van der Waals surface area contributed by atoms with Gasteiger partial charge in [0.15, 0.2) is 0 Å². The fourth-order valence-corrected chi connectivity index (χ4v) is 0.504. The largest absolute Gasteiger partial charge is 0.362 e. The van der Waals surface area contributed by atoms with E-state index in [2.05, 4.69) is 11.5 Å². The third-order valence-corrected chi connectivity index (χ3v) is 0.846. The fourth-order valence-electron chi connectivity index (χ4n) is 0.504. The monoisotopic (exact) mass is 110 g/mol. The molecule has 0 fully saturated rings. The number of hydrogen-bond acceptors (Lipinski definition) is 3. The maximum Gasteiger partial charge on any atom is 0.0995 e. The lowest BCUT2D eigenvalue weighted by Crippen LogP contribution is -2.25. The number of hydrazine groups is 1. The van der Waals surface area contributed by atoms with Crippen molar-refractivity contribution in [2.75, 3.05) is 0 Å². The third kappa shape index (κ3) is 1.01. The lowest BCUT2D eigenvalue weighted by atomic mass is 10.5. The van der Waals surface area contributed by atoms with E-state index in [1.165, 1.54) is 5.01 Å². The third-order valence-electron chi connectivity index (χ3n) is 0.846. The van der Waals surface area contributed by atoms with Crippen LogP contribution in [-0.2, 0) is 0 Å². The highest BCUT2D eigenvalue weighted by atomic mass is 15.4. The second-order valence-electron chi connectivity index (χ2n) is 1.64. The van der Waals surface area contributed by atoms with Crippen molar-refractivity contribution in [2.45, 2.75) is 6.92 Å². The molecular formula is C5H8N3. The first-order valence-corrected chi connectivity index (χ1v) is 2.36. The van der Waals surface area contributed by atoms with Crippen LogP contribution >= 0.6 is 0 Å². The van der Waals surface area contributed by atoms with E-state index in [9.17, 15) is 0 Å². The highest BCUT2D eigenvalue weighted by molar-refractivity contribution is 5.02. The molecule has 8 heavy (non-hydrogen) atoms. The molecule has 1 radical (unpaired) electrons. The number of allylic oxidation sites excluding steroid dienone is 1. The zero-order chi connectivity index (χ0) is 5.98. The number of nitrogens with two attached hydrogens (primary N) is 1. The number of rotatable bonds is 0. The summed E-state index contributed by atoms with van der Waals surface area (Å²) in [5.41, 5.74) is 1.02. The summed E-state index contributed by atoms with van der Waals surface area (Å²) in [5.74, 6) is 5.30. The lowest BCUT2D eigenvalue weighted by Gasteiger charge is -2.12. The van der Waals surface area contributed by atoms with Crippen LogP contribution in [0.25, 0.3) is 0 Å². The Morgan fingerprint density at radius 2 is 2.62 bits per heavy atom. The molecule has 3 nitrogen and oxygen atoms in total. The fraction of sp³-hybridized carbons (Fsp3) is 0.200. The molecule has 0 unspecified atom stereocenters. The van der Waals surface area contributed by atoms with E-state index < -0.39 is 0 Å². The van der Waals surface area contributed by atoms with E-state index in [1.54, 1.807) is 12.4 Å². The van der Waals surface area contributed by atoms with Crippen LogP contribution in [0, 0.1) is 6.20 Å². The van der Waals surface area contributed by atoms with Gasteiger partial charge >= 0.3 is 0 Å². The van der Waals surface area contributed by atoms with Crippen LogP contribution in [0.5, 0.6) is 0 Å². The molecule has 1 rings (SSSR count). The van der Waals surface area contributed by atoms with Gasteiger partial charge in [-0.3, -0.25) is 5.01 Å². The molecule has 43 valence electrons. The Morgan fingerprint density at radius 3 is 3.00 bits per heavy atom. The van der Waals surface area contributed by atoms with Crippen molar-refractivity contribution in [1.82, 2.24) is 10.3 Å². The Balaban J connectivity index is 2.60. The number of nitrogens with one attached hydrogen (secondary N) is 1. The number of hydrogen-bond donors (Lipinski definition) is 2. The van der Waals surface area contributed by atoms with Gasteiger partial charge in [-0.25, -0.2) is 5.84 Å². The quantitative estimate of drug-likeness (QED) is 0.428. The van der Waals surface area contributed by atoms with Gasteiger partial charge in [-0.15, -0.1) is 0 Å². The molecule has 0 saturated heterocycles. The molecule has 0 atom stereocenters. The van der Waals surface area contributed by atoms with Gasteiger partial charge in [-0.05, 0) is 6.92 Å². The molecular weight excluding hydrogens is 102 g/mol. The average Bonchev–Trinajstić information content (AvgIpc) is 1.64. The van der Waals surface area contributed by atoms with Crippen molar-refractivity contribution in [3.05, 3.63) is 24.3 Å². The Bertz CT molecular complexity index is 137. The maximum atomic E-state index is 5.30. The summed E-state index contributed by atoms with van der Waals surface area (Å²) in [6, 6.07) is 0. The van der Waals surface area contributed by atoms with Crippen molar-refractivity contribution in [3.63, 3.8) is 0 Å². The van der Waals surface area contributed by atoms with Crippen LogP contribution in [0.3, 0.4) is 0 Å². The topological polar surface area (TPSA) is 41.3 Å². The van der Waals surface area contributed by atoms with Gasteiger partial charge in [0.05, 0.1) is 6.20 Å². The average molecular weight is 110 g/mol. The lowest BCUT2D eigenvalue weighted by molar-refractivity contribution is 0.494. The first-order chi connectivity index (χ1) is 3.79. The summed E-state index contributed by atoms with van der Waals surface area (Å²) in [7, 11) is 0. The van der Waals surface area contributed by atoms with Crippen molar-refractivity contribution in [2.24, 2.45) is 5.84 Å². The highest BCUT2D eigenvalue weighted by Gasteiger charge is 1.92. The van der Waals surface area contributed by atoms with Gasteiger partial charge in [-0.1, -0.05) is 0 Å². The Labute approximate surface area is 48.4 Å². The van der Waals surface area contributed by atoms with Crippen LogP contribution < -0.4 is 11.2 Å². The van der Waals surface area contributed by atoms with Crippen LogP contribution in [0.2, 0.25) is 0 Å². The van der Waals surface area contributed by atoms with Gasteiger partial charge < -0.3 is 5.32 Å². The predicted molar refractivity (Wildman–Crippen MR) is 30.7 cm³/mol. The van der Waals surface area contributed by atoms with Crippen molar-refractivity contribution >= 4 is 0 Å². The zero-order valence-electron chi connectivity index (χ0n) is 4.68. The number of nitrogens with zero attached hydrogens (tertiary/aromatic N) is 1. The molecule has 0 aromatic carbocycles. The predicted octanol–water partition coefficient (Wildman–Crippen LogP) is -0.0990. The smallest absolute Gasteiger partial charge is 0.0995 e. The van der Waals surface area contributed by atoms with E-state index in [0.29, 0.717) is 0 Å². The minimum atomic E-state index is 1.02. The standard InChI is InChI=1S/C5H8N3/c1-5-4-8(6)3-2-7-5/h2,4,7H,6H2,1H3. The molecule has 0 bridgehead atoms. The molecule has 0 amide bonds. The molecule has 1 aliphatic heterocycles. The second-order valence-corrected chi connectivity index (χ2v) is 1.64. The van der Waals surface area contributed by atoms with Gasteiger partial charge in [0.25, 0.3) is 0 Å². The van der Waals surface area contributed by atoms with E-state index in [-0.39, 0.29) is 0 Å². The molecule has 3 heteroatoms. The Hall–Kier alpha value is -0.960. The Morgan fingerprint density at radius 1 is 1.88 bits per heavy atom. The van der Waals surface area contributed by atoms with E-state index in [4.69, 9.17) is 5.84 Å². The van der Waals surface area contributed by atoms with Crippen LogP contribution in [0.15, 0.2) is 18.1 Å². The van der Waals surface area contributed by atoms with Crippen molar-refractivity contribution in [3.8, 4) is 0 Å². The first kappa shape index (κ1) is 5.18. The summed E-state index contributed by atoms with van der Waals surface area (Å²) in [6.07, 6.45) is 6.12. The van der Waals surface area contributed by atoms with Crippen LogP contribution in [0.4, 0.5) is 0 Å². The van der Waals surface area contributed by atoms with Crippen LogP contribution in [0.1, 0.15) is 6.92 Å². The minimum absolute atomic E-state index is 1.02. The van der Waals surface area contributed by atoms with Gasteiger partial charge in [-0.2, -0.15) is 0 Å². The van der Waals surface area contributed by atoms with Crippen LogP contribution in [-0.4, -0.2) is 5.01 Å². The van der Waals surface area contributed by atoms with E-state index >= 15 is 0 Å². The SMILES string of the molecule is CC1=CN(N)[C]=CN1. The molecule has 1 aliphatic rings. The molecule has 3 N–H and O–H groups in total. The summed E-state index contributed by atoms with van der Waals surface area (Å²) >= 11 is 0. The zero-order valence-corrected chi connectivity index (χ0v) is 4.68. The molecule has 0 aliphatic carbocycles. The van der Waals surface area contributed by atoms with E-state index in [1.807, 2.05) is 6.92 Å². The summed E-state index contributed by atoms with van der Waals surface area (Å²) < 4.78 is 0.